The van der Waals surface area contributed by atoms with E-state index in [1.165, 1.54) is 4.90 Å². The molecule has 1 amide bonds. The molecule has 0 bridgehead atoms. The first-order chi connectivity index (χ1) is 16.4. The Morgan fingerprint density at radius 3 is 2.15 bits per heavy atom. The highest BCUT2D eigenvalue weighted by molar-refractivity contribution is 6.51. The summed E-state index contributed by atoms with van der Waals surface area (Å²) < 4.78 is 5.16. The number of rotatable bonds is 6. The fourth-order valence-corrected chi connectivity index (χ4v) is 3.95. The summed E-state index contributed by atoms with van der Waals surface area (Å²) >= 11 is 0. The fraction of sp³-hybridized carbons (Fsp3) is 0.179. The quantitative estimate of drug-likeness (QED) is 0.239. The molecule has 0 spiro atoms. The van der Waals surface area contributed by atoms with E-state index in [1.54, 1.807) is 36.4 Å². The van der Waals surface area contributed by atoms with Crippen LogP contribution in [-0.2, 0) is 14.3 Å². The molecular weight excluding hydrogens is 430 g/mol. The van der Waals surface area contributed by atoms with Crippen molar-refractivity contribution in [3.05, 3.63) is 107 Å². The number of hydrogen-bond donors (Lipinski definition) is 1. The number of hydrogen-bond acceptors (Lipinski definition) is 5. The SMILES string of the molecule is CCCOC(=O)c1ccc(N2C(=O)C(=O)/C(=C(/O)c3ccc(C)cc3)C2c2ccccc2)cc1. The van der Waals surface area contributed by atoms with Crippen LogP contribution in [0.1, 0.15) is 46.4 Å². The summed E-state index contributed by atoms with van der Waals surface area (Å²) in [4.78, 5) is 39.9. The number of benzene rings is 3. The lowest BCUT2D eigenvalue weighted by Gasteiger charge is -2.25. The van der Waals surface area contributed by atoms with E-state index in [0.717, 1.165) is 5.56 Å². The topological polar surface area (TPSA) is 83.9 Å². The lowest BCUT2D eigenvalue weighted by molar-refractivity contribution is -0.132. The molecule has 172 valence electrons. The average molecular weight is 456 g/mol. The van der Waals surface area contributed by atoms with Crippen molar-refractivity contribution in [2.24, 2.45) is 0 Å². The van der Waals surface area contributed by atoms with Crippen LogP contribution >= 0.6 is 0 Å². The molecule has 1 heterocycles. The number of anilines is 1. The van der Waals surface area contributed by atoms with Crippen molar-refractivity contribution in [1.29, 1.82) is 0 Å². The summed E-state index contributed by atoms with van der Waals surface area (Å²) in [6.07, 6.45) is 0.715. The maximum atomic E-state index is 13.2. The Hall–Kier alpha value is -4.19. The van der Waals surface area contributed by atoms with Crippen LogP contribution < -0.4 is 4.90 Å². The lowest BCUT2D eigenvalue weighted by Crippen LogP contribution is -2.29. The lowest BCUT2D eigenvalue weighted by atomic mass is 9.95. The van der Waals surface area contributed by atoms with Gasteiger partial charge in [0, 0.05) is 11.3 Å². The molecule has 0 aliphatic carbocycles. The number of ketones is 1. The van der Waals surface area contributed by atoms with E-state index >= 15 is 0 Å². The summed E-state index contributed by atoms with van der Waals surface area (Å²) in [7, 11) is 0. The Bertz CT molecular complexity index is 1240. The maximum Gasteiger partial charge on any atom is 0.338 e. The zero-order chi connectivity index (χ0) is 24.2. The van der Waals surface area contributed by atoms with Gasteiger partial charge in [-0.2, -0.15) is 0 Å². The molecule has 34 heavy (non-hydrogen) atoms. The predicted octanol–water partition coefficient (Wildman–Crippen LogP) is 5.19. The second-order valence-electron chi connectivity index (χ2n) is 8.13. The molecule has 1 atom stereocenters. The van der Waals surface area contributed by atoms with Crippen molar-refractivity contribution in [3.8, 4) is 0 Å². The third-order valence-corrected chi connectivity index (χ3v) is 5.70. The van der Waals surface area contributed by atoms with E-state index in [-0.39, 0.29) is 11.3 Å². The van der Waals surface area contributed by atoms with Crippen LogP contribution in [0.2, 0.25) is 0 Å². The number of aliphatic hydroxyl groups is 1. The van der Waals surface area contributed by atoms with Crippen LogP contribution in [0.3, 0.4) is 0 Å². The van der Waals surface area contributed by atoms with Gasteiger partial charge >= 0.3 is 5.97 Å². The van der Waals surface area contributed by atoms with Crippen molar-refractivity contribution >= 4 is 29.1 Å². The molecule has 4 rings (SSSR count). The minimum atomic E-state index is -0.819. The highest BCUT2D eigenvalue weighted by Crippen LogP contribution is 2.42. The van der Waals surface area contributed by atoms with Crippen molar-refractivity contribution in [2.45, 2.75) is 26.3 Å². The van der Waals surface area contributed by atoms with Crippen molar-refractivity contribution in [2.75, 3.05) is 11.5 Å². The Morgan fingerprint density at radius 1 is 0.912 bits per heavy atom. The highest BCUT2D eigenvalue weighted by atomic mass is 16.5. The van der Waals surface area contributed by atoms with Crippen molar-refractivity contribution < 1.29 is 24.2 Å². The molecule has 6 nitrogen and oxygen atoms in total. The van der Waals surface area contributed by atoms with E-state index in [0.29, 0.717) is 35.4 Å². The number of amides is 1. The molecule has 0 radical (unpaired) electrons. The van der Waals surface area contributed by atoms with Gasteiger partial charge in [0.25, 0.3) is 11.7 Å². The molecule has 1 saturated heterocycles. The summed E-state index contributed by atoms with van der Waals surface area (Å²) in [5.74, 6) is -2.19. The minimum Gasteiger partial charge on any atom is -0.507 e. The van der Waals surface area contributed by atoms with Crippen molar-refractivity contribution in [3.63, 3.8) is 0 Å². The van der Waals surface area contributed by atoms with Crippen LogP contribution in [0, 0.1) is 6.92 Å². The van der Waals surface area contributed by atoms with E-state index in [4.69, 9.17) is 4.74 Å². The average Bonchev–Trinajstić information content (AvgIpc) is 3.13. The summed E-state index contributed by atoms with van der Waals surface area (Å²) in [5.41, 5.74) is 2.96. The molecule has 0 aromatic heterocycles. The first-order valence-electron chi connectivity index (χ1n) is 11.1. The molecule has 1 aliphatic rings. The van der Waals surface area contributed by atoms with Crippen molar-refractivity contribution in [1.82, 2.24) is 0 Å². The van der Waals surface area contributed by atoms with Gasteiger partial charge in [-0.3, -0.25) is 14.5 Å². The zero-order valence-corrected chi connectivity index (χ0v) is 19.0. The smallest absolute Gasteiger partial charge is 0.338 e. The Kier molecular flexibility index (Phi) is 6.59. The fourth-order valence-electron chi connectivity index (χ4n) is 3.95. The van der Waals surface area contributed by atoms with Gasteiger partial charge in [0.1, 0.15) is 5.76 Å². The summed E-state index contributed by atoms with van der Waals surface area (Å²) in [6.45, 7) is 4.16. The van der Waals surface area contributed by atoms with E-state index in [1.807, 2.05) is 56.3 Å². The number of carbonyl (C=O) groups is 3. The first kappa shape index (κ1) is 23.0. The van der Waals surface area contributed by atoms with Gasteiger partial charge in [-0.25, -0.2) is 4.79 Å². The standard InChI is InChI=1S/C28H25NO5/c1-3-17-34-28(33)21-13-15-22(16-14-21)29-24(19-7-5-4-6-8-19)23(26(31)27(29)32)25(30)20-11-9-18(2)10-12-20/h4-16,24,30H,3,17H2,1-2H3/b25-23+. The summed E-state index contributed by atoms with van der Waals surface area (Å²) in [6, 6.07) is 21.7. The van der Waals surface area contributed by atoms with Gasteiger partial charge in [-0.15, -0.1) is 0 Å². The number of carbonyl (C=O) groups excluding carboxylic acids is 3. The maximum absolute atomic E-state index is 13.2. The van der Waals surface area contributed by atoms with E-state index in [2.05, 4.69) is 0 Å². The van der Waals surface area contributed by atoms with Crippen LogP contribution in [0.25, 0.3) is 5.76 Å². The zero-order valence-electron chi connectivity index (χ0n) is 19.0. The van der Waals surface area contributed by atoms with Crippen LogP contribution in [0.15, 0.2) is 84.4 Å². The largest absolute Gasteiger partial charge is 0.507 e. The number of Topliss-reactive ketones (excluding diaryl/α,β-unsaturated/α-hetero) is 1. The molecule has 6 heteroatoms. The number of esters is 1. The van der Waals surface area contributed by atoms with Gasteiger partial charge in [0.15, 0.2) is 0 Å². The number of aryl methyl sites for hydroxylation is 1. The molecule has 1 unspecified atom stereocenters. The van der Waals surface area contributed by atoms with Gasteiger partial charge in [-0.05, 0) is 43.2 Å². The molecule has 1 fully saturated rings. The summed E-state index contributed by atoms with van der Waals surface area (Å²) in [5, 5.41) is 11.1. The van der Waals surface area contributed by atoms with Gasteiger partial charge < -0.3 is 9.84 Å². The Labute approximate surface area is 198 Å². The van der Waals surface area contributed by atoms with Gasteiger partial charge in [-0.1, -0.05) is 67.1 Å². The third kappa shape index (κ3) is 4.35. The van der Waals surface area contributed by atoms with Gasteiger partial charge in [0.2, 0.25) is 0 Å². The molecule has 3 aromatic rings. The molecule has 1 N–H and O–H groups in total. The van der Waals surface area contributed by atoms with Crippen LogP contribution in [-0.4, -0.2) is 29.4 Å². The van der Waals surface area contributed by atoms with E-state index < -0.39 is 23.7 Å². The highest BCUT2D eigenvalue weighted by Gasteiger charge is 2.46. The first-order valence-corrected chi connectivity index (χ1v) is 11.1. The molecular formula is C28H25NO5. The monoisotopic (exact) mass is 455 g/mol. The number of nitrogens with zero attached hydrogens (tertiary/aromatic N) is 1. The Morgan fingerprint density at radius 2 is 1.53 bits per heavy atom. The third-order valence-electron chi connectivity index (χ3n) is 5.70. The molecule has 1 aliphatic heterocycles. The number of ether oxygens (including phenoxy) is 1. The second-order valence-corrected chi connectivity index (χ2v) is 8.13. The Balaban J connectivity index is 1.80. The normalized spacial score (nSPS) is 17.1. The molecule has 3 aromatic carbocycles. The van der Waals surface area contributed by atoms with Gasteiger partial charge in [0.05, 0.1) is 23.8 Å². The number of aliphatic hydroxyl groups excluding tert-OH is 1. The van der Waals surface area contributed by atoms with Crippen LogP contribution in [0.4, 0.5) is 5.69 Å². The predicted molar refractivity (Wildman–Crippen MR) is 129 cm³/mol. The van der Waals surface area contributed by atoms with E-state index in [9.17, 15) is 19.5 Å². The second kappa shape index (κ2) is 9.75. The minimum absolute atomic E-state index is 0.0199. The van der Waals surface area contributed by atoms with Crippen LogP contribution in [0.5, 0.6) is 0 Å². The molecule has 0 saturated carbocycles.